The van der Waals surface area contributed by atoms with Crippen molar-refractivity contribution in [1.29, 1.82) is 0 Å². The summed E-state index contributed by atoms with van der Waals surface area (Å²) >= 11 is 13.2. The van der Waals surface area contributed by atoms with Crippen LogP contribution in [-0.2, 0) is 16.3 Å². The number of ether oxygens (including phenoxy) is 1. The first-order valence-corrected chi connectivity index (χ1v) is 11.2. The van der Waals surface area contributed by atoms with Crippen molar-refractivity contribution < 1.29 is 17.6 Å². The van der Waals surface area contributed by atoms with Crippen LogP contribution in [-0.4, -0.2) is 42.5 Å². The fraction of sp³-hybridized carbons (Fsp3) is 0.467. The highest BCUT2D eigenvalue weighted by Crippen LogP contribution is 2.28. The van der Waals surface area contributed by atoms with Crippen LogP contribution >= 0.6 is 35.0 Å². The molecule has 1 aromatic heterocycles. The number of benzene rings is 1. The van der Waals surface area contributed by atoms with E-state index in [4.69, 9.17) is 32.4 Å². The third-order valence-corrected chi connectivity index (χ3v) is 6.85. The third kappa shape index (κ3) is 5.51. The molecule has 0 unspecified atom stereocenters. The van der Waals surface area contributed by atoms with E-state index in [0.29, 0.717) is 52.1 Å². The van der Waals surface area contributed by atoms with Gasteiger partial charge in [0.25, 0.3) is 5.22 Å². The summed E-state index contributed by atoms with van der Waals surface area (Å²) in [5.74, 6) is 2.18. The molecule has 3 rings (SSSR count). The molecule has 136 valence electrons. The van der Waals surface area contributed by atoms with Crippen LogP contribution in [0.15, 0.2) is 27.8 Å². The van der Waals surface area contributed by atoms with Gasteiger partial charge in [-0.25, -0.2) is 8.42 Å². The van der Waals surface area contributed by atoms with Crippen LogP contribution in [0.2, 0.25) is 10.0 Å². The number of hydrogen-bond donors (Lipinski definition) is 0. The molecule has 1 fully saturated rings. The van der Waals surface area contributed by atoms with Crippen LogP contribution in [0.25, 0.3) is 0 Å². The van der Waals surface area contributed by atoms with Crippen LogP contribution in [0, 0.1) is 5.92 Å². The zero-order valence-electron chi connectivity index (χ0n) is 13.2. The number of thioether (sulfide) groups is 1. The first-order valence-electron chi connectivity index (χ1n) is 7.65. The largest absolute Gasteiger partial charge is 0.491 e. The first-order chi connectivity index (χ1) is 11.9. The Morgan fingerprint density at radius 2 is 2.16 bits per heavy atom. The quantitative estimate of drug-likeness (QED) is 0.498. The Hall–Kier alpha value is -0.960. The van der Waals surface area contributed by atoms with E-state index >= 15 is 0 Å². The predicted octanol–water partition coefficient (Wildman–Crippen LogP) is 3.52. The number of sulfone groups is 1. The predicted molar refractivity (Wildman–Crippen MR) is 97.4 cm³/mol. The van der Waals surface area contributed by atoms with Gasteiger partial charge in [0, 0.05) is 17.2 Å². The van der Waals surface area contributed by atoms with E-state index in [1.54, 1.807) is 18.2 Å². The lowest BCUT2D eigenvalue weighted by atomic mass is 10.1. The van der Waals surface area contributed by atoms with E-state index in [1.165, 1.54) is 11.8 Å². The van der Waals surface area contributed by atoms with Crippen molar-refractivity contribution in [3.8, 4) is 5.75 Å². The fourth-order valence-electron chi connectivity index (χ4n) is 2.53. The van der Waals surface area contributed by atoms with Gasteiger partial charge in [0.2, 0.25) is 5.89 Å². The fourth-order valence-corrected chi connectivity index (χ4v) is 5.45. The summed E-state index contributed by atoms with van der Waals surface area (Å²) in [7, 11) is -2.89. The summed E-state index contributed by atoms with van der Waals surface area (Å²) in [4.78, 5) is 0. The first kappa shape index (κ1) is 18.8. The maximum absolute atomic E-state index is 11.5. The summed E-state index contributed by atoms with van der Waals surface area (Å²) in [5.41, 5.74) is 0. The van der Waals surface area contributed by atoms with Gasteiger partial charge in [-0.05, 0) is 30.5 Å². The van der Waals surface area contributed by atoms with Crippen LogP contribution in [0.3, 0.4) is 0 Å². The molecule has 2 aromatic rings. The standard InChI is InChI=1S/C15H16Cl2N2O4S2/c16-11-1-2-13(12(17)8-11)22-4-5-24-15-19-18-14(23-15)7-10-3-6-25(20,21)9-10/h1-2,8,10H,3-7,9H2/t10-/m0/s1. The SMILES string of the molecule is O=S1(=O)CC[C@@H](Cc2nnc(SCCOc3ccc(Cl)cc3Cl)o2)C1. The molecule has 0 spiro atoms. The van der Waals surface area contributed by atoms with E-state index in [-0.39, 0.29) is 17.4 Å². The molecule has 6 nitrogen and oxygen atoms in total. The van der Waals surface area contributed by atoms with Gasteiger partial charge in [0.15, 0.2) is 9.84 Å². The summed E-state index contributed by atoms with van der Waals surface area (Å²) in [5, 5.41) is 9.41. The molecule has 1 saturated heterocycles. The van der Waals surface area contributed by atoms with Crippen molar-refractivity contribution in [2.75, 3.05) is 23.9 Å². The lowest BCUT2D eigenvalue weighted by Crippen LogP contribution is -2.07. The molecule has 0 N–H and O–H groups in total. The molecule has 10 heteroatoms. The molecule has 0 saturated carbocycles. The molecule has 1 atom stereocenters. The van der Waals surface area contributed by atoms with Gasteiger partial charge in [-0.3, -0.25) is 0 Å². The number of rotatable bonds is 7. The summed E-state index contributed by atoms with van der Waals surface area (Å²) in [6.45, 7) is 0.421. The van der Waals surface area contributed by atoms with Crippen molar-refractivity contribution in [3.63, 3.8) is 0 Å². The van der Waals surface area contributed by atoms with E-state index in [2.05, 4.69) is 10.2 Å². The second-order valence-electron chi connectivity index (χ2n) is 5.71. The molecule has 0 bridgehead atoms. The topological polar surface area (TPSA) is 82.3 Å². The zero-order valence-corrected chi connectivity index (χ0v) is 16.3. The van der Waals surface area contributed by atoms with Crippen LogP contribution < -0.4 is 4.74 Å². The van der Waals surface area contributed by atoms with Crippen LogP contribution in [0.1, 0.15) is 12.3 Å². The maximum Gasteiger partial charge on any atom is 0.276 e. The molecule has 1 aliphatic heterocycles. The lowest BCUT2D eigenvalue weighted by Gasteiger charge is -2.07. The minimum absolute atomic E-state index is 0.0682. The Kier molecular flexibility index (Phi) is 6.14. The molecule has 25 heavy (non-hydrogen) atoms. The van der Waals surface area contributed by atoms with Gasteiger partial charge in [-0.15, -0.1) is 10.2 Å². The zero-order chi connectivity index (χ0) is 17.9. The molecular formula is C15H16Cl2N2O4S2. The summed E-state index contributed by atoms with van der Waals surface area (Å²) in [6.07, 6.45) is 1.16. The Morgan fingerprint density at radius 3 is 2.88 bits per heavy atom. The normalized spacial score (nSPS) is 19.2. The van der Waals surface area contributed by atoms with Gasteiger partial charge < -0.3 is 9.15 Å². The number of nitrogens with zero attached hydrogens (tertiary/aromatic N) is 2. The van der Waals surface area contributed by atoms with Crippen molar-refractivity contribution in [3.05, 3.63) is 34.1 Å². The smallest absolute Gasteiger partial charge is 0.276 e. The highest BCUT2D eigenvalue weighted by molar-refractivity contribution is 7.99. The Balaban J connectivity index is 1.43. The van der Waals surface area contributed by atoms with E-state index in [0.717, 1.165) is 0 Å². The van der Waals surface area contributed by atoms with Crippen LogP contribution in [0.4, 0.5) is 0 Å². The van der Waals surface area contributed by atoms with Gasteiger partial charge in [0.1, 0.15) is 5.75 Å². The minimum atomic E-state index is -2.89. The van der Waals surface area contributed by atoms with Crippen molar-refractivity contribution in [2.45, 2.75) is 18.1 Å². The molecule has 0 amide bonds. The average Bonchev–Trinajstić information content (AvgIpc) is 3.12. The van der Waals surface area contributed by atoms with Crippen molar-refractivity contribution in [1.82, 2.24) is 10.2 Å². The lowest BCUT2D eigenvalue weighted by molar-refractivity contribution is 0.342. The molecule has 2 heterocycles. The monoisotopic (exact) mass is 422 g/mol. The van der Waals surface area contributed by atoms with Gasteiger partial charge in [-0.2, -0.15) is 0 Å². The van der Waals surface area contributed by atoms with Crippen LogP contribution in [0.5, 0.6) is 5.75 Å². The third-order valence-electron chi connectivity index (χ3n) is 3.70. The Morgan fingerprint density at radius 1 is 1.32 bits per heavy atom. The maximum atomic E-state index is 11.5. The van der Waals surface area contributed by atoms with E-state index < -0.39 is 9.84 Å². The minimum Gasteiger partial charge on any atom is -0.491 e. The van der Waals surface area contributed by atoms with Crippen molar-refractivity contribution in [2.24, 2.45) is 5.92 Å². The molecule has 1 aliphatic rings. The molecule has 0 aliphatic carbocycles. The number of aromatic nitrogens is 2. The Labute approximate surface area is 160 Å². The van der Waals surface area contributed by atoms with Crippen molar-refractivity contribution >= 4 is 44.8 Å². The molecule has 1 aromatic carbocycles. The second-order valence-corrected chi connectivity index (χ2v) is 9.83. The highest BCUT2D eigenvalue weighted by Gasteiger charge is 2.29. The highest BCUT2D eigenvalue weighted by atomic mass is 35.5. The summed E-state index contributed by atoms with van der Waals surface area (Å²) < 4.78 is 34.1. The van der Waals surface area contributed by atoms with Gasteiger partial charge in [-0.1, -0.05) is 35.0 Å². The molecular weight excluding hydrogens is 407 g/mol. The van der Waals surface area contributed by atoms with Gasteiger partial charge in [0.05, 0.1) is 23.1 Å². The number of halogens is 2. The van der Waals surface area contributed by atoms with E-state index in [1.807, 2.05) is 0 Å². The second kappa shape index (κ2) is 8.16. The number of hydrogen-bond acceptors (Lipinski definition) is 7. The van der Waals surface area contributed by atoms with E-state index in [9.17, 15) is 8.42 Å². The molecule has 0 radical (unpaired) electrons. The average molecular weight is 423 g/mol. The van der Waals surface area contributed by atoms with Gasteiger partial charge >= 0.3 is 0 Å². The summed E-state index contributed by atoms with van der Waals surface area (Å²) in [6, 6.07) is 5.05. The Bertz CT molecular complexity index is 842.